The Morgan fingerprint density at radius 3 is 1.40 bits per heavy atom. The number of ether oxygens (including phenoxy) is 6. The van der Waals surface area contributed by atoms with E-state index in [4.69, 9.17) is 28.4 Å². The molecule has 0 aromatic heterocycles. The third kappa shape index (κ3) is 10.1. The average Bonchev–Trinajstić information content (AvgIpc) is 3.08. The average molecular weight is 611 g/mol. The van der Waals surface area contributed by atoms with Crippen LogP contribution < -0.4 is 0 Å². The van der Waals surface area contributed by atoms with E-state index in [0.717, 1.165) is 22.3 Å². The molecule has 0 saturated carbocycles. The molecular formula is C38H42O7. The van der Waals surface area contributed by atoms with Crippen LogP contribution >= 0.6 is 0 Å². The zero-order valence-corrected chi connectivity index (χ0v) is 25.7. The lowest BCUT2D eigenvalue weighted by Gasteiger charge is -2.46. The molecular weight excluding hydrogens is 568 g/mol. The summed E-state index contributed by atoms with van der Waals surface area (Å²) >= 11 is 0. The second-order valence-corrected chi connectivity index (χ2v) is 11.0. The van der Waals surface area contributed by atoms with E-state index in [1.54, 1.807) is 6.92 Å². The van der Waals surface area contributed by atoms with Gasteiger partial charge in [0.15, 0.2) is 0 Å². The van der Waals surface area contributed by atoms with Gasteiger partial charge in [-0.05, 0) is 29.2 Å². The molecule has 1 saturated heterocycles. The van der Waals surface area contributed by atoms with Crippen LogP contribution in [0.4, 0.5) is 0 Å². The second-order valence-electron chi connectivity index (χ2n) is 11.0. The molecule has 0 spiro atoms. The van der Waals surface area contributed by atoms with E-state index in [2.05, 4.69) is 0 Å². The smallest absolute Gasteiger partial charge is 0.308 e. The van der Waals surface area contributed by atoms with Gasteiger partial charge < -0.3 is 28.4 Å². The van der Waals surface area contributed by atoms with Crippen LogP contribution in [0.15, 0.2) is 121 Å². The van der Waals surface area contributed by atoms with Gasteiger partial charge in [0.25, 0.3) is 0 Å². The van der Waals surface area contributed by atoms with Gasteiger partial charge in [0.1, 0.15) is 24.4 Å². The standard InChI is InChI=1S/C38H42O7/c1-2-41-35(39)23-33-36(42-25-30-17-9-4-10-18-30)38(44-27-32-21-13-6-14-22-32)37(43-26-31-19-11-5-12-20-31)34(45-33)28-40-24-29-15-7-3-8-16-29/h3-22,33-34,36-38H,2,23-28H2,1H3/t33-,34-,36+,37-,38-/m1/s1. The molecule has 1 aliphatic rings. The minimum Gasteiger partial charge on any atom is -0.466 e. The maximum atomic E-state index is 12.9. The number of rotatable bonds is 16. The lowest BCUT2D eigenvalue weighted by atomic mass is 9.92. The zero-order valence-electron chi connectivity index (χ0n) is 25.7. The number of carbonyl (C=O) groups is 1. The number of hydrogen-bond donors (Lipinski definition) is 0. The van der Waals surface area contributed by atoms with E-state index >= 15 is 0 Å². The summed E-state index contributed by atoms with van der Waals surface area (Å²) in [6, 6.07) is 39.9. The fourth-order valence-electron chi connectivity index (χ4n) is 5.43. The summed E-state index contributed by atoms with van der Waals surface area (Å²) in [5, 5.41) is 0. The lowest BCUT2D eigenvalue weighted by molar-refractivity contribution is -0.273. The van der Waals surface area contributed by atoms with Crippen molar-refractivity contribution >= 4 is 5.97 Å². The molecule has 0 amide bonds. The van der Waals surface area contributed by atoms with Crippen LogP contribution in [0.1, 0.15) is 35.6 Å². The molecule has 45 heavy (non-hydrogen) atoms. The van der Waals surface area contributed by atoms with Crippen molar-refractivity contribution in [2.45, 2.75) is 70.3 Å². The van der Waals surface area contributed by atoms with Crippen LogP contribution in [-0.2, 0) is 59.6 Å². The first kappa shape index (κ1) is 32.5. The molecule has 4 aromatic carbocycles. The van der Waals surface area contributed by atoms with Crippen molar-refractivity contribution in [2.24, 2.45) is 0 Å². The van der Waals surface area contributed by atoms with E-state index in [1.165, 1.54) is 0 Å². The van der Waals surface area contributed by atoms with Gasteiger partial charge in [-0.1, -0.05) is 121 Å². The Hall–Kier alpha value is -3.85. The Bertz CT molecular complexity index is 1390. The van der Waals surface area contributed by atoms with Gasteiger partial charge in [-0.25, -0.2) is 0 Å². The maximum absolute atomic E-state index is 12.9. The number of hydrogen-bond acceptors (Lipinski definition) is 7. The van der Waals surface area contributed by atoms with Crippen molar-refractivity contribution in [3.05, 3.63) is 144 Å². The molecule has 5 rings (SSSR count). The van der Waals surface area contributed by atoms with Gasteiger partial charge in [-0.2, -0.15) is 0 Å². The third-order valence-electron chi connectivity index (χ3n) is 7.65. The summed E-state index contributed by atoms with van der Waals surface area (Å²) in [5.74, 6) is -0.356. The van der Waals surface area contributed by atoms with Crippen molar-refractivity contribution in [1.29, 1.82) is 0 Å². The molecule has 1 fully saturated rings. The van der Waals surface area contributed by atoms with Crippen molar-refractivity contribution in [3.8, 4) is 0 Å². The largest absolute Gasteiger partial charge is 0.466 e. The summed E-state index contributed by atoms with van der Waals surface area (Å²) < 4.78 is 38.1. The minimum atomic E-state index is -0.643. The van der Waals surface area contributed by atoms with Gasteiger partial charge in [-0.3, -0.25) is 4.79 Å². The Morgan fingerprint density at radius 2 is 0.956 bits per heavy atom. The van der Waals surface area contributed by atoms with E-state index in [0.29, 0.717) is 26.4 Å². The van der Waals surface area contributed by atoms with Crippen molar-refractivity contribution in [1.82, 2.24) is 0 Å². The van der Waals surface area contributed by atoms with Crippen LogP contribution in [0.5, 0.6) is 0 Å². The second kappa shape index (κ2) is 17.6. The number of benzene rings is 4. The molecule has 1 heterocycles. The SMILES string of the molecule is CCOC(=O)C[C@H]1O[C@H](COCc2ccccc2)[C@@H](OCc2ccccc2)[C@H](OCc2ccccc2)[C@H]1OCc1ccccc1. The maximum Gasteiger partial charge on any atom is 0.308 e. The van der Waals surface area contributed by atoms with Crippen LogP contribution in [0.2, 0.25) is 0 Å². The molecule has 0 N–H and O–H groups in total. The number of carbonyl (C=O) groups excluding carboxylic acids is 1. The Morgan fingerprint density at radius 1 is 0.556 bits per heavy atom. The topological polar surface area (TPSA) is 72.5 Å². The molecule has 5 atom stereocenters. The third-order valence-corrected chi connectivity index (χ3v) is 7.65. The summed E-state index contributed by atoms with van der Waals surface area (Å²) in [7, 11) is 0. The lowest BCUT2D eigenvalue weighted by Crippen LogP contribution is -2.61. The number of esters is 1. The molecule has 1 aliphatic heterocycles. The van der Waals surface area contributed by atoms with E-state index in [9.17, 15) is 4.79 Å². The van der Waals surface area contributed by atoms with Crippen LogP contribution in [0.25, 0.3) is 0 Å². The molecule has 0 radical (unpaired) electrons. The highest BCUT2D eigenvalue weighted by Crippen LogP contribution is 2.32. The van der Waals surface area contributed by atoms with E-state index in [-0.39, 0.29) is 25.6 Å². The Labute approximate surface area is 266 Å². The minimum absolute atomic E-state index is 0.0130. The highest BCUT2D eigenvalue weighted by Gasteiger charge is 2.49. The van der Waals surface area contributed by atoms with E-state index in [1.807, 2.05) is 121 Å². The summed E-state index contributed by atoms with van der Waals surface area (Å²) in [5.41, 5.74) is 4.11. The van der Waals surface area contributed by atoms with Crippen molar-refractivity contribution in [2.75, 3.05) is 13.2 Å². The fraction of sp³-hybridized carbons (Fsp3) is 0.342. The van der Waals surface area contributed by atoms with Crippen LogP contribution in [-0.4, -0.2) is 49.7 Å². The summed E-state index contributed by atoms with van der Waals surface area (Å²) in [4.78, 5) is 12.9. The molecule has 0 aliphatic carbocycles. The Balaban J connectivity index is 1.44. The first-order valence-electron chi connectivity index (χ1n) is 15.6. The van der Waals surface area contributed by atoms with Crippen LogP contribution in [0, 0.1) is 0 Å². The zero-order chi connectivity index (χ0) is 31.1. The fourth-order valence-corrected chi connectivity index (χ4v) is 5.43. The van der Waals surface area contributed by atoms with Gasteiger partial charge in [0.2, 0.25) is 0 Å². The molecule has 236 valence electrons. The van der Waals surface area contributed by atoms with Gasteiger partial charge >= 0.3 is 5.97 Å². The first-order chi connectivity index (χ1) is 22.2. The quantitative estimate of drug-likeness (QED) is 0.131. The molecule has 4 aromatic rings. The molecule has 7 heteroatoms. The van der Waals surface area contributed by atoms with Gasteiger partial charge in [-0.15, -0.1) is 0 Å². The molecule has 0 unspecified atom stereocenters. The normalized spacial score (nSPS) is 21.3. The van der Waals surface area contributed by atoms with Crippen LogP contribution in [0.3, 0.4) is 0 Å². The van der Waals surface area contributed by atoms with Gasteiger partial charge in [0.05, 0.1) is 52.2 Å². The first-order valence-corrected chi connectivity index (χ1v) is 15.6. The predicted octanol–water partition coefficient (Wildman–Crippen LogP) is 6.68. The molecule has 7 nitrogen and oxygen atoms in total. The van der Waals surface area contributed by atoms with Crippen molar-refractivity contribution in [3.63, 3.8) is 0 Å². The summed E-state index contributed by atoms with van der Waals surface area (Å²) in [6.45, 7) is 3.74. The Kier molecular flexibility index (Phi) is 12.7. The highest BCUT2D eigenvalue weighted by atomic mass is 16.6. The summed E-state index contributed by atoms with van der Waals surface area (Å²) in [6.07, 6.45) is -2.91. The predicted molar refractivity (Wildman–Crippen MR) is 171 cm³/mol. The van der Waals surface area contributed by atoms with Crippen molar-refractivity contribution < 1.29 is 33.2 Å². The van der Waals surface area contributed by atoms with E-state index < -0.39 is 30.5 Å². The monoisotopic (exact) mass is 610 g/mol. The molecule has 0 bridgehead atoms. The van der Waals surface area contributed by atoms with Gasteiger partial charge in [0, 0.05) is 0 Å². The highest BCUT2D eigenvalue weighted by molar-refractivity contribution is 5.70.